The second kappa shape index (κ2) is 10.2. The van der Waals surface area contributed by atoms with Crippen molar-refractivity contribution in [1.82, 2.24) is 24.9 Å². The molecule has 7 nitrogen and oxygen atoms in total. The van der Waals surface area contributed by atoms with Crippen molar-refractivity contribution >= 4 is 11.8 Å². The SMILES string of the molecule is Cn1nc(C(=O)N2CCCC2)c2c1CCN(Cc1ccc(C(=O)NCc3ccc(F)cc3F)cc1)C2. The summed E-state index contributed by atoms with van der Waals surface area (Å²) in [5.41, 5.74) is 4.46. The summed E-state index contributed by atoms with van der Waals surface area (Å²) >= 11 is 0. The molecule has 36 heavy (non-hydrogen) atoms. The molecule has 2 aliphatic heterocycles. The quantitative estimate of drug-likeness (QED) is 0.571. The molecule has 5 rings (SSSR count). The number of hydrogen-bond acceptors (Lipinski definition) is 4. The normalized spacial score (nSPS) is 15.7. The number of likely N-dealkylation sites (tertiary alicyclic amines) is 1. The highest BCUT2D eigenvalue weighted by Crippen LogP contribution is 2.25. The Labute approximate surface area is 208 Å². The molecule has 3 aromatic rings. The zero-order valence-electron chi connectivity index (χ0n) is 20.3. The predicted octanol–water partition coefficient (Wildman–Crippen LogP) is 3.42. The van der Waals surface area contributed by atoms with Gasteiger partial charge in [0.15, 0.2) is 5.69 Å². The molecule has 1 saturated heterocycles. The van der Waals surface area contributed by atoms with Gasteiger partial charge in [-0.3, -0.25) is 19.2 Å². The van der Waals surface area contributed by atoms with Gasteiger partial charge in [0.25, 0.3) is 11.8 Å². The minimum Gasteiger partial charge on any atom is -0.348 e. The van der Waals surface area contributed by atoms with Crippen molar-refractivity contribution in [1.29, 1.82) is 0 Å². The molecular weight excluding hydrogens is 464 g/mol. The zero-order valence-corrected chi connectivity index (χ0v) is 20.3. The summed E-state index contributed by atoms with van der Waals surface area (Å²) in [6.45, 7) is 3.78. The van der Waals surface area contributed by atoms with E-state index in [2.05, 4.69) is 15.3 Å². The number of benzene rings is 2. The molecule has 2 amide bonds. The molecule has 0 bridgehead atoms. The lowest BCUT2D eigenvalue weighted by Crippen LogP contribution is -2.33. The molecule has 2 aliphatic rings. The number of rotatable bonds is 6. The molecule has 3 heterocycles. The standard InChI is InChI=1S/C27H29F2N5O2/c1-32-24-10-13-33(17-22(24)25(31-32)27(36)34-11-2-3-12-34)16-18-4-6-19(7-5-18)26(35)30-15-20-8-9-21(28)14-23(20)29/h4-9,14H,2-3,10-13,15-17H2,1H3,(H,30,35). The summed E-state index contributed by atoms with van der Waals surface area (Å²) in [6, 6.07) is 10.6. The van der Waals surface area contributed by atoms with Crippen LogP contribution in [0.5, 0.6) is 0 Å². The van der Waals surface area contributed by atoms with Crippen LogP contribution in [-0.2, 0) is 33.1 Å². The number of nitrogens with one attached hydrogen (secondary N) is 1. The first-order valence-electron chi connectivity index (χ1n) is 12.3. The van der Waals surface area contributed by atoms with E-state index in [1.807, 2.05) is 28.8 Å². The van der Waals surface area contributed by atoms with E-state index in [1.165, 1.54) is 12.1 Å². The summed E-state index contributed by atoms with van der Waals surface area (Å²) < 4.78 is 28.7. The van der Waals surface area contributed by atoms with Crippen LogP contribution in [-0.4, -0.2) is 51.0 Å². The summed E-state index contributed by atoms with van der Waals surface area (Å²) in [5.74, 6) is -1.63. The Balaban J connectivity index is 1.21. The number of carbonyl (C=O) groups is 2. The number of nitrogens with zero attached hydrogens (tertiary/aromatic N) is 4. The maximum absolute atomic E-state index is 13.8. The van der Waals surface area contributed by atoms with E-state index in [4.69, 9.17) is 0 Å². The summed E-state index contributed by atoms with van der Waals surface area (Å²) in [6.07, 6.45) is 2.92. The molecule has 0 aliphatic carbocycles. The molecule has 0 spiro atoms. The Kier molecular flexibility index (Phi) is 6.82. The van der Waals surface area contributed by atoms with Crippen LogP contribution in [0.1, 0.15) is 56.1 Å². The molecule has 0 unspecified atom stereocenters. The lowest BCUT2D eigenvalue weighted by Gasteiger charge is -2.28. The third-order valence-corrected chi connectivity index (χ3v) is 6.99. The monoisotopic (exact) mass is 493 g/mol. The lowest BCUT2D eigenvalue weighted by atomic mass is 10.0. The Morgan fingerprint density at radius 3 is 2.50 bits per heavy atom. The molecule has 1 fully saturated rings. The fourth-order valence-corrected chi connectivity index (χ4v) is 4.99. The van der Waals surface area contributed by atoms with Gasteiger partial charge >= 0.3 is 0 Å². The van der Waals surface area contributed by atoms with Crippen LogP contribution < -0.4 is 5.32 Å². The third kappa shape index (κ3) is 5.02. The number of aryl methyl sites for hydroxylation is 1. The summed E-state index contributed by atoms with van der Waals surface area (Å²) in [7, 11) is 1.91. The fourth-order valence-electron chi connectivity index (χ4n) is 4.99. The van der Waals surface area contributed by atoms with Gasteiger partial charge in [0.2, 0.25) is 0 Å². The summed E-state index contributed by atoms with van der Waals surface area (Å²) in [4.78, 5) is 29.7. The minimum absolute atomic E-state index is 0.0214. The summed E-state index contributed by atoms with van der Waals surface area (Å²) in [5, 5.41) is 7.24. The lowest BCUT2D eigenvalue weighted by molar-refractivity contribution is 0.0783. The van der Waals surface area contributed by atoms with Crippen LogP contribution >= 0.6 is 0 Å². The molecule has 2 aromatic carbocycles. The predicted molar refractivity (Wildman–Crippen MR) is 130 cm³/mol. The van der Waals surface area contributed by atoms with Gasteiger partial charge in [0.05, 0.1) is 0 Å². The first kappa shape index (κ1) is 24.1. The highest BCUT2D eigenvalue weighted by atomic mass is 19.1. The first-order valence-corrected chi connectivity index (χ1v) is 12.3. The molecular formula is C27H29F2N5O2. The van der Waals surface area contributed by atoms with Crippen molar-refractivity contribution in [2.45, 2.75) is 38.9 Å². The highest BCUT2D eigenvalue weighted by Gasteiger charge is 2.30. The van der Waals surface area contributed by atoms with Gasteiger partial charge in [-0.05, 0) is 36.6 Å². The van der Waals surface area contributed by atoms with Crippen molar-refractivity contribution in [3.63, 3.8) is 0 Å². The van der Waals surface area contributed by atoms with Crippen LogP contribution in [0.4, 0.5) is 8.78 Å². The van der Waals surface area contributed by atoms with Crippen LogP contribution in [0, 0.1) is 11.6 Å². The van der Waals surface area contributed by atoms with Crippen molar-refractivity contribution in [3.05, 3.63) is 87.7 Å². The Morgan fingerprint density at radius 1 is 1.03 bits per heavy atom. The van der Waals surface area contributed by atoms with E-state index in [1.54, 1.807) is 12.1 Å². The van der Waals surface area contributed by atoms with E-state index in [0.29, 0.717) is 24.3 Å². The molecule has 1 N–H and O–H groups in total. The van der Waals surface area contributed by atoms with Crippen LogP contribution in [0.15, 0.2) is 42.5 Å². The van der Waals surface area contributed by atoms with E-state index < -0.39 is 11.6 Å². The first-order chi connectivity index (χ1) is 17.4. The zero-order chi connectivity index (χ0) is 25.2. The van der Waals surface area contributed by atoms with E-state index in [0.717, 1.165) is 61.8 Å². The minimum atomic E-state index is -0.686. The topological polar surface area (TPSA) is 70.5 Å². The van der Waals surface area contributed by atoms with Crippen molar-refractivity contribution in [2.24, 2.45) is 7.05 Å². The second-order valence-electron chi connectivity index (χ2n) is 9.47. The fraction of sp³-hybridized carbons (Fsp3) is 0.370. The molecule has 0 radical (unpaired) electrons. The van der Waals surface area contributed by atoms with Gasteiger partial charge in [-0.25, -0.2) is 8.78 Å². The third-order valence-electron chi connectivity index (χ3n) is 6.99. The molecule has 188 valence electrons. The highest BCUT2D eigenvalue weighted by molar-refractivity contribution is 5.94. The van der Waals surface area contributed by atoms with E-state index in [-0.39, 0.29) is 23.9 Å². The molecule has 1 aromatic heterocycles. The van der Waals surface area contributed by atoms with Crippen LogP contribution in [0.3, 0.4) is 0 Å². The maximum atomic E-state index is 13.8. The molecule has 9 heteroatoms. The number of hydrogen-bond donors (Lipinski definition) is 1. The van der Waals surface area contributed by atoms with Gasteiger partial charge in [-0.2, -0.15) is 5.10 Å². The largest absolute Gasteiger partial charge is 0.348 e. The number of aromatic nitrogens is 2. The Morgan fingerprint density at radius 2 is 1.78 bits per heavy atom. The van der Waals surface area contributed by atoms with Crippen molar-refractivity contribution in [3.8, 4) is 0 Å². The van der Waals surface area contributed by atoms with Gasteiger partial charge in [0, 0.05) is 81.2 Å². The average molecular weight is 494 g/mol. The maximum Gasteiger partial charge on any atom is 0.274 e. The van der Waals surface area contributed by atoms with Crippen molar-refractivity contribution < 1.29 is 18.4 Å². The Hall–Kier alpha value is -3.59. The number of fused-ring (bicyclic) bond motifs is 1. The molecule has 0 saturated carbocycles. The van der Waals surface area contributed by atoms with Gasteiger partial charge in [0.1, 0.15) is 11.6 Å². The van der Waals surface area contributed by atoms with Gasteiger partial charge < -0.3 is 10.2 Å². The number of carbonyl (C=O) groups excluding carboxylic acids is 2. The number of amides is 2. The van der Waals surface area contributed by atoms with Gasteiger partial charge in [-0.1, -0.05) is 18.2 Å². The van der Waals surface area contributed by atoms with E-state index >= 15 is 0 Å². The van der Waals surface area contributed by atoms with Crippen LogP contribution in [0.2, 0.25) is 0 Å². The van der Waals surface area contributed by atoms with E-state index in [9.17, 15) is 18.4 Å². The average Bonchev–Trinajstić information content (AvgIpc) is 3.52. The Bertz CT molecular complexity index is 1280. The smallest absolute Gasteiger partial charge is 0.274 e. The molecule has 0 atom stereocenters. The van der Waals surface area contributed by atoms with Crippen molar-refractivity contribution in [2.75, 3.05) is 19.6 Å². The van der Waals surface area contributed by atoms with Crippen LogP contribution in [0.25, 0.3) is 0 Å². The van der Waals surface area contributed by atoms with Gasteiger partial charge in [-0.15, -0.1) is 0 Å². The second-order valence-corrected chi connectivity index (χ2v) is 9.47. The number of halogens is 2.